The molecule has 37 heavy (non-hydrogen) atoms. The molecule has 0 radical (unpaired) electrons. The molecule has 5 atom stereocenters. The van der Waals surface area contributed by atoms with E-state index in [4.69, 9.17) is 24.7 Å². The summed E-state index contributed by atoms with van der Waals surface area (Å²) in [7, 11) is 0. The SMILES string of the molecule is C=CCn1c(=O)n([C@@H]2O[C@H](COC(=O)[C@@H](NC(C)=O)C(C)C)[C@H]3OC(C)(C)O[C@H]32)c2nc(N)[nH]c(=O)c21. The van der Waals surface area contributed by atoms with Crippen molar-refractivity contribution in [2.45, 2.75) is 77.5 Å². The Morgan fingerprint density at radius 2 is 1.97 bits per heavy atom. The third-order valence-corrected chi connectivity index (χ3v) is 6.19. The van der Waals surface area contributed by atoms with Gasteiger partial charge in [0.1, 0.15) is 31.0 Å². The van der Waals surface area contributed by atoms with Crippen LogP contribution in [0.1, 0.15) is 40.8 Å². The van der Waals surface area contributed by atoms with E-state index in [1.165, 1.54) is 22.1 Å². The molecule has 0 bridgehead atoms. The number of imidazole rings is 1. The van der Waals surface area contributed by atoms with Gasteiger partial charge in [0.2, 0.25) is 11.9 Å². The molecule has 0 saturated carbocycles. The van der Waals surface area contributed by atoms with Crippen molar-refractivity contribution < 1.29 is 28.5 Å². The molecule has 1 amide bonds. The molecule has 4 heterocycles. The lowest BCUT2D eigenvalue weighted by Gasteiger charge is -2.25. The van der Waals surface area contributed by atoms with Gasteiger partial charge in [0.25, 0.3) is 5.56 Å². The minimum Gasteiger partial charge on any atom is -0.461 e. The first-order chi connectivity index (χ1) is 17.3. The number of hydrogen-bond donors (Lipinski definition) is 3. The second-order valence-electron chi connectivity index (χ2n) is 9.86. The van der Waals surface area contributed by atoms with Gasteiger partial charge in [-0.25, -0.2) is 14.2 Å². The number of carbonyl (C=O) groups is 2. The van der Waals surface area contributed by atoms with Gasteiger partial charge in [-0.05, 0) is 19.8 Å². The van der Waals surface area contributed by atoms with Crippen LogP contribution < -0.4 is 22.3 Å². The van der Waals surface area contributed by atoms with E-state index < -0.39 is 53.6 Å². The summed E-state index contributed by atoms with van der Waals surface area (Å²) >= 11 is 0. The number of hydrogen-bond acceptors (Lipinski definition) is 10. The minimum atomic E-state index is -1.07. The van der Waals surface area contributed by atoms with Crippen LogP contribution in [-0.4, -0.2) is 67.7 Å². The molecule has 2 aliphatic rings. The average molecular weight is 521 g/mol. The second-order valence-corrected chi connectivity index (χ2v) is 9.86. The standard InChI is InChI=1S/C23H32N6O8/c1-7-8-28-14-17(26-21(24)27-18(14)31)29(22(28)33)19-16-15(36-23(5,6)37-16)12(35-19)9-34-20(32)13(10(2)3)25-11(4)30/h7,10,12-13,15-16,19H,1,8-9H2,2-6H3,(H,25,30)(H3,24,26,27,31)/t12-,13+,15-,16-,19-/m1/s1. The molecule has 0 aliphatic carbocycles. The van der Waals surface area contributed by atoms with E-state index in [1.54, 1.807) is 27.7 Å². The van der Waals surface area contributed by atoms with E-state index in [-0.39, 0.29) is 42.1 Å². The highest BCUT2D eigenvalue weighted by Crippen LogP contribution is 2.43. The highest BCUT2D eigenvalue weighted by atomic mass is 16.8. The minimum absolute atomic E-state index is 0.00221. The van der Waals surface area contributed by atoms with Gasteiger partial charge in [0.15, 0.2) is 23.2 Å². The maximum Gasteiger partial charge on any atom is 0.333 e. The van der Waals surface area contributed by atoms with Crippen LogP contribution >= 0.6 is 0 Å². The van der Waals surface area contributed by atoms with Crippen molar-refractivity contribution in [1.82, 2.24) is 24.4 Å². The number of esters is 1. The number of rotatable bonds is 8. The third kappa shape index (κ3) is 4.91. The molecule has 4 N–H and O–H groups in total. The first kappa shape index (κ1) is 26.6. The summed E-state index contributed by atoms with van der Waals surface area (Å²) in [6.07, 6.45) is -1.93. The Morgan fingerprint density at radius 1 is 1.30 bits per heavy atom. The summed E-state index contributed by atoms with van der Waals surface area (Å²) < 4.78 is 26.2. The van der Waals surface area contributed by atoms with Gasteiger partial charge in [0, 0.05) is 13.5 Å². The van der Waals surface area contributed by atoms with Crippen LogP contribution in [0.15, 0.2) is 22.2 Å². The fourth-order valence-corrected chi connectivity index (χ4v) is 4.70. The molecule has 2 aromatic heterocycles. The molecule has 202 valence electrons. The van der Waals surface area contributed by atoms with Gasteiger partial charge in [-0.1, -0.05) is 19.9 Å². The number of nitrogen functional groups attached to an aromatic ring is 1. The normalized spacial score (nSPS) is 25.2. The van der Waals surface area contributed by atoms with Crippen molar-refractivity contribution in [3.05, 3.63) is 33.5 Å². The zero-order valence-electron chi connectivity index (χ0n) is 21.3. The number of H-pyrrole nitrogens is 1. The molecule has 2 aliphatic heterocycles. The Labute approximate surface area is 211 Å². The van der Waals surface area contributed by atoms with Gasteiger partial charge in [-0.3, -0.25) is 19.1 Å². The number of anilines is 1. The van der Waals surface area contributed by atoms with E-state index >= 15 is 0 Å². The molecular formula is C23H32N6O8. The Balaban J connectivity index is 1.69. The van der Waals surface area contributed by atoms with Crippen LogP contribution in [-0.2, 0) is 35.1 Å². The lowest BCUT2D eigenvalue weighted by atomic mass is 10.0. The quantitative estimate of drug-likeness (QED) is 0.311. The van der Waals surface area contributed by atoms with Gasteiger partial charge >= 0.3 is 11.7 Å². The highest BCUT2D eigenvalue weighted by Gasteiger charge is 2.57. The summed E-state index contributed by atoms with van der Waals surface area (Å²) in [4.78, 5) is 57.0. The van der Waals surface area contributed by atoms with Crippen LogP contribution in [0.2, 0.25) is 0 Å². The number of amides is 1. The Kier molecular flexibility index (Phi) is 7.01. The summed E-state index contributed by atoms with van der Waals surface area (Å²) in [5, 5.41) is 2.58. The van der Waals surface area contributed by atoms with Crippen molar-refractivity contribution >= 4 is 29.0 Å². The van der Waals surface area contributed by atoms with Crippen LogP contribution in [0.4, 0.5) is 5.95 Å². The summed E-state index contributed by atoms with van der Waals surface area (Å²) in [6, 6.07) is -0.846. The van der Waals surface area contributed by atoms with Crippen molar-refractivity contribution in [3.63, 3.8) is 0 Å². The first-order valence-electron chi connectivity index (χ1n) is 11.9. The molecule has 4 rings (SSSR count). The van der Waals surface area contributed by atoms with Crippen LogP contribution in [0, 0.1) is 5.92 Å². The van der Waals surface area contributed by atoms with E-state index in [0.29, 0.717) is 0 Å². The van der Waals surface area contributed by atoms with Crippen molar-refractivity contribution in [2.24, 2.45) is 5.92 Å². The molecule has 14 heteroatoms. The zero-order chi connectivity index (χ0) is 27.2. The summed E-state index contributed by atoms with van der Waals surface area (Å²) in [5.41, 5.74) is 4.61. The van der Waals surface area contributed by atoms with Gasteiger partial charge < -0.3 is 30.0 Å². The zero-order valence-corrected chi connectivity index (χ0v) is 21.3. The number of ether oxygens (including phenoxy) is 4. The Morgan fingerprint density at radius 3 is 2.59 bits per heavy atom. The molecule has 0 aromatic carbocycles. The number of allylic oxidation sites excluding steroid dienone is 1. The molecule has 2 saturated heterocycles. The lowest BCUT2D eigenvalue weighted by Crippen LogP contribution is -2.45. The van der Waals surface area contributed by atoms with E-state index in [0.717, 1.165) is 0 Å². The summed E-state index contributed by atoms with van der Waals surface area (Å²) in [5.74, 6) is -2.41. The number of nitrogens with one attached hydrogen (secondary N) is 2. The lowest BCUT2D eigenvalue weighted by molar-refractivity contribution is -0.202. The van der Waals surface area contributed by atoms with Gasteiger partial charge in [0.05, 0.1) is 0 Å². The fraction of sp³-hybridized carbons (Fsp3) is 0.609. The topological polar surface area (TPSA) is 182 Å². The molecule has 0 spiro atoms. The number of nitrogens with zero attached hydrogens (tertiary/aromatic N) is 3. The van der Waals surface area contributed by atoms with Gasteiger partial charge in [-0.2, -0.15) is 4.98 Å². The molecule has 0 unspecified atom stereocenters. The van der Waals surface area contributed by atoms with Crippen LogP contribution in [0.25, 0.3) is 11.2 Å². The molecular weight excluding hydrogens is 488 g/mol. The molecule has 2 aromatic rings. The Hall–Kier alpha value is -3.49. The fourth-order valence-electron chi connectivity index (χ4n) is 4.70. The predicted molar refractivity (Wildman–Crippen MR) is 130 cm³/mol. The van der Waals surface area contributed by atoms with Crippen molar-refractivity contribution in [1.29, 1.82) is 0 Å². The average Bonchev–Trinajstić information content (AvgIpc) is 3.37. The molecule has 14 nitrogen and oxygen atoms in total. The number of nitrogens with two attached hydrogens (primary N) is 1. The first-order valence-corrected chi connectivity index (χ1v) is 11.9. The summed E-state index contributed by atoms with van der Waals surface area (Å²) in [6.45, 7) is 11.8. The Bertz CT molecular complexity index is 1340. The van der Waals surface area contributed by atoms with Crippen LogP contribution in [0.3, 0.4) is 0 Å². The highest BCUT2D eigenvalue weighted by molar-refractivity contribution is 5.83. The predicted octanol–water partition coefficient (Wildman–Crippen LogP) is -0.224. The number of carbonyl (C=O) groups excluding carboxylic acids is 2. The van der Waals surface area contributed by atoms with Crippen LogP contribution in [0.5, 0.6) is 0 Å². The monoisotopic (exact) mass is 520 g/mol. The maximum atomic E-state index is 13.5. The number of fused-ring (bicyclic) bond motifs is 2. The van der Waals surface area contributed by atoms with E-state index in [9.17, 15) is 19.2 Å². The van der Waals surface area contributed by atoms with E-state index in [1.807, 2.05) is 0 Å². The van der Waals surface area contributed by atoms with Crippen molar-refractivity contribution in [3.8, 4) is 0 Å². The largest absolute Gasteiger partial charge is 0.461 e. The smallest absolute Gasteiger partial charge is 0.333 e. The molecule has 2 fully saturated rings. The number of aromatic nitrogens is 4. The number of aromatic amines is 1. The maximum absolute atomic E-state index is 13.5. The second kappa shape index (κ2) is 9.76. The third-order valence-electron chi connectivity index (χ3n) is 6.19. The van der Waals surface area contributed by atoms with Gasteiger partial charge in [-0.15, -0.1) is 6.58 Å². The van der Waals surface area contributed by atoms with Crippen molar-refractivity contribution in [2.75, 3.05) is 12.3 Å². The van der Waals surface area contributed by atoms with E-state index in [2.05, 4.69) is 21.9 Å².